The molecule has 0 saturated heterocycles. The highest BCUT2D eigenvalue weighted by molar-refractivity contribution is 6.53. The SMILES string of the molecule is CCCCOC(=O)c1ccc(N2C(=O)C(Cl)=C(Nc3ccc(C(=O)Nc4cc(C)ccc4C)cc3)C2=O)cc1. The summed E-state index contributed by atoms with van der Waals surface area (Å²) in [5, 5.41) is 5.53. The lowest BCUT2D eigenvalue weighted by Gasteiger charge is -2.15. The summed E-state index contributed by atoms with van der Waals surface area (Å²) in [4.78, 5) is 51.7. The Morgan fingerprint density at radius 3 is 2.23 bits per heavy atom. The second kappa shape index (κ2) is 12.0. The minimum Gasteiger partial charge on any atom is -0.462 e. The average molecular weight is 546 g/mol. The van der Waals surface area contributed by atoms with E-state index in [1.807, 2.05) is 39.0 Å². The van der Waals surface area contributed by atoms with E-state index in [2.05, 4.69) is 10.6 Å². The third kappa shape index (κ3) is 6.18. The van der Waals surface area contributed by atoms with Crippen LogP contribution in [0.4, 0.5) is 17.1 Å². The minimum atomic E-state index is -0.688. The van der Waals surface area contributed by atoms with Crippen LogP contribution in [0.1, 0.15) is 51.6 Å². The van der Waals surface area contributed by atoms with Gasteiger partial charge in [-0.2, -0.15) is 0 Å². The number of ether oxygens (including phenoxy) is 1. The molecule has 0 aliphatic carbocycles. The predicted octanol–water partition coefficient (Wildman–Crippen LogP) is 5.95. The first-order chi connectivity index (χ1) is 18.7. The fourth-order valence-corrected chi connectivity index (χ4v) is 4.11. The molecule has 0 atom stereocenters. The quantitative estimate of drug-likeness (QED) is 0.196. The standard InChI is InChI=1S/C30H28ClN3O5/c1-4-5-16-39-30(38)21-10-14-23(15-11-21)34-28(36)25(31)26(29(34)37)32-22-12-8-20(9-13-22)27(35)33-24-17-18(2)6-7-19(24)3/h6-15,17,32H,4-5,16H2,1-3H3,(H,33,35). The van der Waals surface area contributed by atoms with Gasteiger partial charge in [0.05, 0.1) is 17.9 Å². The lowest BCUT2D eigenvalue weighted by molar-refractivity contribution is -0.120. The molecule has 0 fully saturated rings. The molecule has 0 bridgehead atoms. The summed E-state index contributed by atoms with van der Waals surface area (Å²) in [6.45, 7) is 6.19. The van der Waals surface area contributed by atoms with E-state index in [1.54, 1.807) is 24.3 Å². The van der Waals surface area contributed by atoms with Gasteiger partial charge in [-0.1, -0.05) is 37.1 Å². The summed E-state index contributed by atoms with van der Waals surface area (Å²) in [5.41, 5.74) is 4.10. The van der Waals surface area contributed by atoms with Crippen LogP contribution in [-0.2, 0) is 14.3 Å². The van der Waals surface area contributed by atoms with Crippen molar-refractivity contribution >= 4 is 52.4 Å². The van der Waals surface area contributed by atoms with Crippen LogP contribution < -0.4 is 15.5 Å². The van der Waals surface area contributed by atoms with Crippen molar-refractivity contribution in [1.82, 2.24) is 0 Å². The summed E-state index contributed by atoms with van der Waals surface area (Å²) >= 11 is 6.24. The number of carbonyl (C=O) groups excluding carboxylic acids is 4. The number of nitrogens with one attached hydrogen (secondary N) is 2. The highest BCUT2D eigenvalue weighted by atomic mass is 35.5. The van der Waals surface area contributed by atoms with Gasteiger partial charge in [-0.15, -0.1) is 0 Å². The summed E-state index contributed by atoms with van der Waals surface area (Å²) in [6.07, 6.45) is 1.67. The molecule has 9 heteroatoms. The van der Waals surface area contributed by atoms with Crippen molar-refractivity contribution in [3.63, 3.8) is 0 Å². The van der Waals surface area contributed by atoms with E-state index in [9.17, 15) is 19.2 Å². The fourth-order valence-electron chi connectivity index (χ4n) is 3.90. The molecule has 0 aromatic heterocycles. The molecule has 2 N–H and O–H groups in total. The number of nitrogens with zero attached hydrogens (tertiary/aromatic N) is 1. The topological polar surface area (TPSA) is 105 Å². The molecule has 0 spiro atoms. The lowest BCUT2D eigenvalue weighted by Crippen LogP contribution is -2.32. The Kier molecular flexibility index (Phi) is 8.46. The maximum atomic E-state index is 13.1. The van der Waals surface area contributed by atoms with Crippen molar-refractivity contribution in [3.05, 3.63) is 99.7 Å². The first-order valence-corrected chi connectivity index (χ1v) is 12.9. The second-order valence-corrected chi connectivity index (χ2v) is 9.52. The molecule has 3 amide bonds. The largest absolute Gasteiger partial charge is 0.462 e. The molecule has 1 aliphatic heterocycles. The molecular formula is C30H28ClN3O5. The number of rotatable bonds is 9. The molecule has 8 nitrogen and oxygen atoms in total. The van der Waals surface area contributed by atoms with E-state index in [0.29, 0.717) is 23.4 Å². The van der Waals surface area contributed by atoms with E-state index in [1.165, 1.54) is 24.3 Å². The number of halogens is 1. The normalized spacial score (nSPS) is 13.1. The molecular weight excluding hydrogens is 518 g/mol. The van der Waals surface area contributed by atoms with Crippen LogP contribution in [0.3, 0.4) is 0 Å². The van der Waals surface area contributed by atoms with Gasteiger partial charge in [-0.05, 0) is 86.0 Å². The molecule has 200 valence electrons. The van der Waals surface area contributed by atoms with Gasteiger partial charge in [0.1, 0.15) is 10.7 Å². The highest BCUT2D eigenvalue weighted by Gasteiger charge is 2.39. The van der Waals surface area contributed by atoms with Gasteiger partial charge in [0.25, 0.3) is 17.7 Å². The second-order valence-electron chi connectivity index (χ2n) is 9.15. The van der Waals surface area contributed by atoms with E-state index in [0.717, 1.165) is 34.6 Å². The Morgan fingerprint density at radius 1 is 0.897 bits per heavy atom. The monoisotopic (exact) mass is 545 g/mol. The summed E-state index contributed by atoms with van der Waals surface area (Å²) in [6, 6.07) is 18.2. The number of hydrogen-bond acceptors (Lipinski definition) is 6. The van der Waals surface area contributed by atoms with Gasteiger partial charge in [0.15, 0.2) is 0 Å². The first-order valence-electron chi connectivity index (χ1n) is 12.5. The van der Waals surface area contributed by atoms with Gasteiger partial charge in [-0.25, -0.2) is 9.69 Å². The van der Waals surface area contributed by atoms with Crippen LogP contribution in [0.5, 0.6) is 0 Å². The molecule has 4 rings (SSSR count). The van der Waals surface area contributed by atoms with Gasteiger partial charge in [0, 0.05) is 16.9 Å². The predicted molar refractivity (Wildman–Crippen MR) is 151 cm³/mol. The number of amides is 3. The van der Waals surface area contributed by atoms with Crippen molar-refractivity contribution < 1.29 is 23.9 Å². The third-order valence-corrected chi connectivity index (χ3v) is 6.53. The van der Waals surface area contributed by atoms with E-state index in [4.69, 9.17) is 16.3 Å². The summed E-state index contributed by atoms with van der Waals surface area (Å²) < 4.78 is 5.19. The van der Waals surface area contributed by atoms with Crippen LogP contribution >= 0.6 is 11.6 Å². The lowest BCUT2D eigenvalue weighted by atomic mass is 10.1. The Hall–Kier alpha value is -4.43. The first kappa shape index (κ1) is 27.6. The molecule has 39 heavy (non-hydrogen) atoms. The number of aryl methyl sites for hydroxylation is 2. The maximum Gasteiger partial charge on any atom is 0.338 e. The van der Waals surface area contributed by atoms with Gasteiger partial charge < -0.3 is 15.4 Å². The number of carbonyl (C=O) groups is 4. The van der Waals surface area contributed by atoms with Gasteiger partial charge in [0.2, 0.25) is 0 Å². The van der Waals surface area contributed by atoms with Crippen molar-refractivity contribution in [2.75, 3.05) is 22.1 Å². The Bertz CT molecular complexity index is 1460. The zero-order valence-electron chi connectivity index (χ0n) is 21.8. The summed E-state index contributed by atoms with van der Waals surface area (Å²) in [7, 11) is 0. The number of esters is 1. The van der Waals surface area contributed by atoms with E-state index >= 15 is 0 Å². The molecule has 1 aliphatic rings. The number of anilines is 3. The van der Waals surface area contributed by atoms with Crippen molar-refractivity contribution in [2.24, 2.45) is 0 Å². The Balaban J connectivity index is 1.43. The molecule has 0 radical (unpaired) electrons. The smallest absolute Gasteiger partial charge is 0.338 e. The van der Waals surface area contributed by atoms with Gasteiger partial charge in [-0.3, -0.25) is 14.4 Å². The van der Waals surface area contributed by atoms with Crippen LogP contribution in [0.15, 0.2) is 77.5 Å². The number of hydrogen-bond donors (Lipinski definition) is 2. The zero-order chi connectivity index (χ0) is 28.1. The number of unbranched alkanes of at least 4 members (excludes halogenated alkanes) is 1. The van der Waals surface area contributed by atoms with E-state index in [-0.39, 0.29) is 22.3 Å². The average Bonchev–Trinajstić information content (AvgIpc) is 3.14. The van der Waals surface area contributed by atoms with Crippen LogP contribution in [0.25, 0.3) is 0 Å². The summed E-state index contributed by atoms with van der Waals surface area (Å²) in [5.74, 6) is -2.07. The molecule has 0 unspecified atom stereocenters. The van der Waals surface area contributed by atoms with Crippen LogP contribution in [-0.4, -0.2) is 30.3 Å². The van der Waals surface area contributed by atoms with Crippen molar-refractivity contribution in [3.8, 4) is 0 Å². The van der Waals surface area contributed by atoms with Crippen LogP contribution in [0, 0.1) is 13.8 Å². The number of benzene rings is 3. The van der Waals surface area contributed by atoms with E-state index < -0.39 is 17.8 Å². The van der Waals surface area contributed by atoms with Crippen molar-refractivity contribution in [1.29, 1.82) is 0 Å². The fraction of sp³-hybridized carbons (Fsp3) is 0.200. The van der Waals surface area contributed by atoms with Crippen molar-refractivity contribution in [2.45, 2.75) is 33.6 Å². The molecule has 3 aromatic carbocycles. The Morgan fingerprint density at radius 2 is 1.56 bits per heavy atom. The highest BCUT2D eigenvalue weighted by Crippen LogP contribution is 2.30. The molecule has 0 saturated carbocycles. The minimum absolute atomic E-state index is 0.0858. The van der Waals surface area contributed by atoms with Gasteiger partial charge >= 0.3 is 5.97 Å². The van der Waals surface area contributed by atoms with Crippen LogP contribution in [0.2, 0.25) is 0 Å². The zero-order valence-corrected chi connectivity index (χ0v) is 22.6. The molecule has 1 heterocycles. The molecule has 3 aromatic rings. The third-order valence-electron chi connectivity index (χ3n) is 6.18. The maximum absolute atomic E-state index is 13.1. The Labute approximate surface area is 231 Å². The number of imide groups is 1.